The Hall–Kier alpha value is -7.00. The van der Waals surface area contributed by atoms with Crippen molar-refractivity contribution < 1.29 is 5.48 Å². The summed E-state index contributed by atoms with van der Waals surface area (Å²) < 4.78 is 41.3. The molecular weight excluding hydrogens is 707 g/mol. The van der Waals surface area contributed by atoms with Gasteiger partial charge in [-0.2, -0.15) is 0 Å². The predicted octanol–water partition coefficient (Wildman–Crippen LogP) is 15.2. The lowest BCUT2D eigenvalue weighted by atomic mass is 9.67. The molecule has 1 aliphatic carbocycles. The fourth-order valence-corrected chi connectivity index (χ4v) is 10.0. The molecule has 0 amide bonds. The molecule has 2 heteroatoms. The first kappa shape index (κ1) is 29.3. The summed E-state index contributed by atoms with van der Waals surface area (Å²) in [6.45, 7) is 0. The van der Waals surface area contributed by atoms with Crippen molar-refractivity contribution in [1.29, 1.82) is 0 Å². The van der Waals surface area contributed by atoms with Crippen molar-refractivity contribution in [3.8, 4) is 33.4 Å². The molecule has 0 spiro atoms. The molecular formula is C55H37NS. The van der Waals surface area contributed by atoms with E-state index in [4.69, 9.17) is 0 Å². The monoisotopic (exact) mass is 747 g/mol. The maximum absolute atomic E-state index is 9.87. The Bertz CT molecular complexity index is 3240. The Morgan fingerprint density at radius 1 is 0.386 bits per heavy atom. The van der Waals surface area contributed by atoms with Gasteiger partial charge >= 0.3 is 0 Å². The fraction of sp³-hybridized carbons (Fsp3) is 0.0182. The standard InChI is InChI=1S/C55H37NS/c1-4-16-39(17-5-1)45-22-11-14-26-52(45)56(43-31-28-38(29-32-43)40-30-35-54-49(36-40)48-24-12-15-27-53(48)57-54)44-33-34-47-46-23-10-13-25-50(46)55(51(47)37-44,41-18-6-2-7-19-41)42-20-8-3-9-21-42/h1-37H/i28D,29D,31D,32D. The van der Waals surface area contributed by atoms with E-state index in [1.54, 1.807) is 11.3 Å². The number of hydrogen-bond donors (Lipinski definition) is 0. The summed E-state index contributed by atoms with van der Waals surface area (Å²) in [6.07, 6.45) is 0. The smallest absolute Gasteiger partial charge is 0.0714 e. The molecule has 0 unspecified atom stereocenters. The van der Waals surface area contributed by atoms with Crippen LogP contribution in [0, 0.1) is 0 Å². The van der Waals surface area contributed by atoms with E-state index in [9.17, 15) is 5.48 Å². The van der Waals surface area contributed by atoms with Crippen LogP contribution in [-0.2, 0) is 5.41 Å². The molecule has 0 aliphatic heterocycles. The largest absolute Gasteiger partial charge is 0.310 e. The summed E-state index contributed by atoms with van der Waals surface area (Å²) in [4.78, 5) is 1.95. The first-order chi connectivity index (χ1) is 29.9. The zero-order chi connectivity index (χ0) is 41.2. The van der Waals surface area contributed by atoms with E-state index in [0.717, 1.165) is 65.8 Å². The minimum Gasteiger partial charge on any atom is -0.310 e. The van der Waals surface area contributed by atoms with E-state index in [-0.39, 0.29) is 35.4 Å². The normalized spacial score (nSPS) is 13.7. The number of para-hydroxylation sites is 1. The molecule has 0 radical (unpaired) electrons. The maximum Gasteiger partial charge on any atom is 0.0714 e. The third kappa shape index (κ3) is 5.37. The lowest BCUT2D eigenvalue weighted by molar-refractivity contribution is 0.768. The molecule has 0 saturated heterocycles. The number of thiophene rings is 1. The lowest BCUT2D eigenvalue weighted by Crippen LogP contribution is -2.28. The van der Waals surface area contributed by atoms with Crippen LogP contribution >= 0.6 is 11.3 Å². The zero-order valence-corrected chi connectivity index (χ0v) is 31.7. The Balaban J connectivity index is 1.19. The molecule has 57 heavy (non-hydrogen) atoms. The highest BCUT2D eigenvalue weighted by Crippen LogP contribution is 2.57. The molecule has 9 aromatic carbocycles. The molecule has 0 saturated carbocycles. The molecule has 11 rings (SSSR count). The van der Waals surface area contributed by atoms with E-state index < -0.39 is 5.41 Å². The van der Waals surface area contributed by atoms with Gasteiger partial charge in [-0.25, -0.2) is 0 Å². The molecule has 1 heterocycles. The highest BCUT2D eigenvalue weighted by atomic mass is 32.1. The van der Waals surface area contributed by atoms with E-state index >= 15 is 0 Å². The van der Waals surface area contributed by atoms with Gasteiger partial charge in [0.2, 0.25) is 0 Å². The van der Waals surface area contributed by atoms with Crippen molar-refractivity contribution in [1.82, 2.24) is 0 Å². The number of fused-ring (bicyclic) bond motifs is 6. The van der Waals surface area contributed by atoms with Crippen LogP contribution in [0.3, 0.4) is 0 Å². The van der Waals surface area contributed by atoms with Crippen LogP contribution in [0.5, 0.6) is 0 Å². The van der Waals surface area contributed by atoms with Crippen LogP contribution in [0.15, 0.2) is 224 Å². The second-order valence-electron chi connectivity index (χ2n) is 14.5. The Kier molecular flexibility index (Phi) is 7.01. The van der Waals surface area contributed by atoms with Gasteiger partial charge in [-0.15, -0.1) is 11.3 Å². The summed E-state index contributed by atoms with van der Waals surface area (Å²) >= 11 is 1.71. The molecule has 1 aliphatic rings. The molecule has 0 fully saturated rings. The molecule has 0 N–H and O–H groups in total. The van der Waals surface area contributed by atoms with Crippen molar-refractivity contribution in [3.63, 3.8) is 0 Å². The summed E-state index contributed by atoms with van der Waals surface area (Å²) in [7, 11) is 0. The number of nitrogens with zero attached hydrogens (tertiary/aromatic N) is 1. The van der Waals surface area contributed by atoms with E-state index in [1.165, 1.54) is 10.3 Å². The van der Waals surface area contributed by atoms with Crippen LogP contribution in [0.25, 0.3) is 53.6 Å². The summed E-state index contributed by atoms with van der Waals surface area (Å²) in [5, 5.41) is 2.15. The predicted molar refractivity (Wildman–Crippen MR) is 242 cm³/mol. The van der Waals surface area contributed by atoms with Gasteiger partial charge in [0.1, 0.15) is 0 Å². The van der Waals surface area contributed by atoms with E-state index in [2.05, 4.69) is 133 Å². The average Bonchev–Trinajstić information content (AvgIpc) is 3.84. The van der Waals surface area contributed by atoms with Gasteiger partial charge in [0, 0.05) is 37.1 Å². The molecule has 0 bridgehead atoms. The van der Waals surface area contributed by atoms with Crippen LogP contribution in [0.1, 0.15) is 27.7 Å². The second kappa shape index (κ2) is 13.6. The zero-order valence-electron chi connectivity index (χ0n) is 34.9. The lowest BCUT2D eigenvalue weighted by Gasteiger charge is -2.35. The minimum absolute atomic E-state index is 0.0893. The number of anilines is 3. The number of benzene rings is 9. The van der Waals surface area contributed by atoms with Gasteiger partial charge in [0.05, 0.1) is 16.6 Å². The van der Waals surface area contributed by atoms with Crippen LogP contribution in [0.4, 0.5) is 17.1 Å². The topological polar surface area (TPSA) is 3.24 Å². The molecule has 268 valence electrons. The van der Waals surface area contributed by atoms with Gasteiger partial charge in [-0.3, -0.25) is 0 Å². The summed E-state index contributed by atoms with van der Waals surface area (Å²) in [5.41, 5.74) is 10.6. The van der Waals surface area contributed by atoms with Crippen molar-refractivity contribution in [2.24, 2.45) is 0 Å². The maximum atomic E-state index is 9.87. The second-order valence-corrected chi connectivity index (χ2v) is 15.6. The number of rotatable bonds is 7. The third-order valence-electron chi connectivity index (χ3n) is 11.4. The van der Waals surface area contributed by atoms with Crippen LogP contribution in [-0.4, -0.2) is 0 Å². The third-order valence-corrected chi connectivity index (χ3v) is 12.6. The highest BCUT2D eigenvalue weighted by molar-refractivity contribution is 7.25. The summed E-state index contributed by atoms with van der Waals surface area (Å²) in [5.74, 6) is 0. The quantitative estimate of drug-likeness (QED) is 0.157. The van der Waals surface area contributed by atoms with Crippen molar-refractivity contribution in [2.45, 2.75) is 5.41 Å². The Labute approximate surface area is 343 Å². The number of hydrogen-bond acceptors (Lipinski definition) is 2. The van der Waals surface area contributed by atoms with Crippen molar-refractivity contribution >= 4 is 48.6 Å². The minimum atomic E-state index is -0.682. The average molecular weight is 748 g/mol. The van der Waals surface area contributed by atoms with Gasteiger partial charge in [0.15, 0.2) is 0 Å². The Morgan fingerprint density at radius 3 is 1.74 bits per heavy atom. The van der Waals surface area contributed by atoms with Crippen molar-refractivity contribution in [3.05, 3.63) is 247 Å². The van der Waals surface area contributed by atoms with Gasteiger partial charge < -0.3 is 4.90 Å². The molecule has 1 nitrogen and oxygen atoms in total. The van der Waals surface area contributed by atoms with E-state index in [0.29, 0.717) is 5.56 Å². The molecule has 0 atom stereocenters. The highest BCUT2D eigenvalue weighted by Gasteiger charge is 2.46. The van der Waals surface area contributed by atoms with Gasteiger partial charge in [0.25, 0.3) is 0 Å². The van der Waals surface area contributed by atoms with Crippen molar-refractivity contribution in [2.75, 3.05) is 4.90 Å². The molecule has 10 aromatic rings. The van der Waals surface area contributed by atoms with E-state index in [1.807, 2.05) is 71.6 Å². The SMILES string of the molecule is [2H]c1c([2H])c(N(c2ccc3c(c2)C(c2ccccc2)(c2ccccc2)c2ccccc2-3)c2ccccc2-c2ccccc2)c([2H])c([2H])c1-c1ccc2sc3ccccc3c2c1. The van der Waals surface area contributed by atoms with Crippen LogP contribution in [0.2, 0.25) is 0 Å². The Morgan fingerprint density at radius 2 is 0.982 bits per heavy atom. The van der Waals surface area contributed by atoms with Crippen LogP contribution < -0.4 is 4.90 Å². The van der Waals surface area contributed by atoms with Gasteiger partial charge in [-0.1, -0.05) is 176 Å². The summed E-state index contributed by atoms with van der Waals surface area (Å²) in [6, 6.07) is 68.4. The van der Waals surface area contributed by atoms with Gasteiger partial charge in [-0.05, 0) is 98.6 Å². The first-order valence-corrected chi connectivity index (χ1v) is 20.1. The first-order valence-electron chi connectivity index (χ1n) is 21.3. The fourth-order valence-electron chi connectivity index (χ4n) is 8.93. The molecule has 1 aromatic heterocycles.